The van der Waals surface area contributed by atoms with Gasteiger partial charge < -0.3 is 5.32 Å². The van der Waals surface area contributed by atoms with E-state index in [9.17, 15) is 0 Å². The van der Waals surface area contributed by atoms with E-state index >= 15 is 0 Å². The van der Waals surface area contributed by atoms with E-state index in [1.165, 1.54) is 11.3 Å². The molecule has 0 aromatic carbocycles. The predicted octanol–water partition coefficient (Wildman–Crippen LogP) is 1.74. The molecule has 1 heterocycles. The minimum absolute atomic E-state index is 0.911. The monoisotopic (exact) mass is 225 g/mol. The maximum absolute atomic E-state index is 4.20. The van der Waals surface area contributed by atoms with E-state index in [-0.39, 0.29) is 0 Å². The maximum atomic E-state index is 4.20. The number of thioether (sulfide) groups is 1. The first kappa shape index (κ1) is 12.3. The summed E-state index contributed by atoms with van der Waals surface area (Å²) in [6, 6.07) is 0. The van der Waals surface area contributed by atoms with E-state index in [4.69, 9.17) is 0 Å². The second kappa shape index (κ2) is 6.69. The molecule has 4 heteroatoms. The van der Waals surface area contributed by atoms with Crippen LogP contribution < -0.4 is 5.32 Å². The van der Waals surface area contributed by atoms with Crippen LogP contribution in [0.2, 0.25) is 0 Å². The standard InChI is InChI=1S/C11H19N3S/c1-4-6-15-7-5-12-8-11-9-13-14(3)10(11)2/h4,9,12H,1,5-8H2,2-3H3. The molecule has 0 saturated carbocycles. The molecule has 3 nitrogen and oxygen atoms in total. The number of nitrogens with one attached hydrogen (secondary N) is 1. The first-order valence-electron chi connectivity index (χ1n) is 5.12. The third kappa shape index (κ3) is 4.10. The third-order valence-electron chi connectivity index (χ3n) is 2.31. The van der Waals surface area contributed by atoms with E-state index in [1.54, 1.807) is 0 Å². The first-order chi connectivity index (χ1) is 7.25. The molecule has 0 bridgehead atoms. The van der Waals surface area contributed by atoms with Gasteiger partial charge in [-0.05, 0) is 6.92 Å². The molecule has 1 aromatic rings. The van der Waals surface area contributed by atoms with Crippen LogP contribution in [0.15, 0.2) is 18.9 Å². The smallest absolute Gasteiger partial charge is 0.0537 e. The summed E-state index contributed by atoms with van der Waals surface area (Å²) in [6.07, 6.45) is 3.87. The Labute approximate surface area is 95.9 Å². The SMILES string of the molecule is C=CCSCCNCc1cnn(C)c1C. The van der Waals surface area contributed by atoms with Crippen LogP contribution in [0.4, 0.5) is 0 Å². The molecule has 0 amide bonds. The highest BCUT2D eigenvalue weighted by Gasteiger charge is 2.01. The van der Waals surface area contributed by atoms with Crippen molar-refractivity contribution in [3.8, 4) is 0 Å². The lowest BCUT2D eigenvalue weighted by atomic mass is 10.2. The molecular weight excluding hydrogens is 206 g/mol. The Balaban J connectivity index is 2.15. The minimum Gasteiger partial charge on any atom is -0.312 e. The van der Waals surface area contributed by atoms with Crippen LogP contribution >= 0.6 is 11.8 Å². The fourth-order valence-corrected chi connectivity index (χ4v) is 1.87. The molecule has 0 fully saturated rings. The van der Waals surface area contributed by atoms with Gasteiger partial charge in [0.2, 0.25) is 0 Å². The summed E-state index contributed by atoms with van der Waals surface area (Å²) in [5.74, 6) is 2.17. The number of hydrogen-bond acceptors (Lipinski definition) is 3. The number of rotatable bonds is 7. The zero-order chi connectivity index (χ0) is 11.1. The highest BCUT2D eigenvalue weighted by atomic mass is 32.2. The Hall–Kier alpha value is -0.740. The van der Waals surface area contributed by atoms with Crippen molar-refractivity contribution in [1.29, 1.82) is 0 Å². The molecule has 15 heavy (non-hydrogen) atoms. The van der Waals surface area contributed by atoms with Gasteiger partial charge in [-0.25, -0.2) is 0 Å². The maximum Gasteiger partial charge on any atom is 0.0537 e. The van der Waals surface area contributed by atoms with Crippen LogP contribution in [0.5, 0.6) is 0 Å². The summed E-state index contributed by atoms with van der Waals surface area (Å²) in [6.45, 7) is 7.73. The molecule has 0 atom stereocenters. The minimum atomic E-state index is 0.911. The van der Waals surface area contributed by atoms with Crippen molar-refractivity contribution in [1.82, 2.24) is 15.1 Å². The lowest BCUT2D eigenvalue weighted by Crippen LogP contribution is -2.17. The summed E-state index contributed by atoms with van der Waals surface area (Å²) < 4.78 is 1.91. The van der Waals surface area contributed by atoms with E-state index in [2.05, 4.69) is 23.9 Å². The van der Waals surface area contributed by atoms with Crippen molar-refractivity contribution in [3.63, 3.8) is 0 Å². The fraction of sp³-hybridized carbons (Fsp3) is 0.545. The normalized spacial score (nSPS) is 10.5. The van der Waals surface area contributed by atoms with Crippen molar-refractivity contribution in [2.24, 2.45) is 7.05 Å². The molecule has 0 aliphatic heterocycles. The average Bonchev–Trinajstić information content (AvgIpc) is 2.54. The van der Waals surface area contributed by atoms with Gasteiger partial charge in [-0.15, -0.1) is 6.58 Å². The van der Waals surface area contributed by atoms with Crippen LogP contribution in [-0.4, -0.2) is 27.8 Å². The predicted molar refractivity (Wildman–Crippen MR) is 67.2 cm³/mol. The average molecular weight is 225 g/mol. The quantitative estimate of drug-likeness (QED) is 0.566. The van der Waals surface area contributed by atoms with Crippen molar-refractivity contribution < 1.29 is 0 Å². The van der Waals surface area contributed by atoms with Gasteiger partial charge >= 0.3 is 0 Å². The Bertz CT molecular complexity index is 307. The molecule has 0 spiro atoms. The molecule has 0 saturated heterocycles. The summed E-state index contributed by atoms with van der Waals surface area (Å²) in [5.41, 5.74) is 2.52. The van der Waals surface area contributed by atoms with Gasteiger partial charge in [0.1, 0.15) is 0 Å². The van der Waals surface area contributed by atoms with Gasteiger partial charge in [-0.2, -0.15) is 16.9 Å². The summed E-state index contributed by atoms with van der Waals surface area (Å²) in [5, 5.41) is 7.61. The molecule has 0 aliphatic rings. The number of aromatic nitrogens is 2. The van der Waals surface area contributed by atoms with Crippen LogP contribution in [0.3, 0.4) is 0 Å². The Kier molecular flexibility index (Phi) is 5.50. The van der Waals surface area contributed by atoms with Crippen molar-refractivity contribution >= 4 is 11.8 Å². The van der Waals surface area contributed by atoms with E-state index < -0.39 is 0 Å². The van der Waals surface area contributed by atoms with Crippen LogP contribution in [0, 0.1) is 6.92 Å². The third-order valence-corrected chi connectivity index (χ3v) is 3.28. The lowest BCUT2D eigenvalue weighted by Gasteiger charge is -2.03. The summed E-state index contributed by atoms with van der Waals surface area (Å²) in [4.78, 5) is 0. The van der Waals surface area contributed by atoms with E-state index in [0.29, 0.717) is 0 Å². The molecule has 84 valence electrons. The number of nitrogens with zero attached hydrogens (tertiary/aromatic N) is 2. The first-order valence-corrected chi connectivity index (χ1v) is 6.28. The van der Waals surface area contributed by atoms with Crippen molar-refractivity contribution in [2.75, 3.05) is 18.1 Å². The highest BCUT2D eigenvalue weighted by Crippen LogP contribution is 2.04. The van der Waals surface area contributed by atoms with Gasteiger partial charge in [0.25, 0.3) is 0 Å². The van der Waals surface area contributed by atoms with Gasteiger partial charge in [0.15, 0.2) is 0 Å². The van der Waals surface area contributed by atoms with Crippen LogP contribution in [0.25, 0.3) is 0 Å². The van der Waals surface area contributed by atoms with Crippen molar-refractivity contribution in [2.45, 2.75) is 13.5 Å². The molecular formula is C11H19N3S. The van der Waals surface area contributed by atoms with Gasteiger partial charge in [-0.3, -0.25) is 4.68 Å². The molecule has 1 N–H and O–H groups in total. The van der Waals surface area contributed by atoms with Gasteiger partial charge in [-0.1, -0.05) is 6.08 Å². The summed E-state index contributed by atoms with van der Waals surface area (Å²) >= 11 is 1.90. The molecule has 1 rings (SSSR count). The topological polar surface area (TPSA) is 29.9 Å². The van der Waals surface area contributed by atoms with Gasteiger partial charge in [0, 0.05) is 42.9 Å². The highest BCUT2D eigenvalue weighted by molar-refractivity contribution is 7.99. The second-order valence-electron chi connectivity index (χ2n) is 3.42. The van der Waals surface area contributed by atoms with E-state index in [1.807, 2.05) is 35.8 Å². The molecule has 1 aromatic heterocycles. The van der Waals surface area contributed by atoms with Crippen LogP contribution in [0.1, 0.15) is 11.3 Å². The largest absolute Gasteiger partial charge is 0.312 e. The second-order valence-corrected chi connectivity index (χ2v) is 4.57. The lowest BCUT2D eigenvalue weighted by molar-refractivity contribution is 0.713. The van der Waals surface area contributed by atoms with Crippen LogP contribution in [-0.2, 0) is 13.6 Å². The Morgan fingerprint density at radius 2 is 2.47 bits per heavy atom. The molecule has 0 aliphatic carbocycles. The Morgan fingerprint density at radius 1 is 1.67 bits per heavy atom. The van der Waals surface area contributed by atoms with E-state index in [0.717, 1.165) is 24.6 Å². The Morgan fingerprint density at radius 3 is 3.07 bits per heavy atom. The zero-order valence-electron chi connectivity index (χ0n) is 9.49. The van der Waals surface area contributed by atoms with Gasteiger partial charge in [0.05, 0.1) is 6.20 Å². The fourth-order valence-electron chi connectivity index (χ4n) is 1.25. The molecule has 0 unspecified atom stereocenters. The summed E-state index contributed by atoms with van der Waals surface area (Å²) in [7, 11) is 1.97. The zero-order valence-corrected chi connectivity index (χ0v) is 10.3. The number of hydrogen-bond donors (Lipinski definition) is 1. The molecule has 0 radical (unpaired) electrons. The van der Waals surface area contributed by atoms with Crippen molar-refractivity contribution in [3.05, 3.63) is 30.1 Å². The number of aryl methyl sites for hydroxylation is 1.